The van der Waals surface area contributed by atoms with Crippen molar-refractivity contribution in [3.63, 3.8) is 0 Å². The van der Waals surface area contributed by atoms with Crippen molar-refractivity contribution in [2.45, 2.75) is 55.8 Å². The second kappa shape index (κ2) is 12.8. The van der Waals surface area contributed by atoms with Gasteiger partial charge in [0.2, 0.25) is 5.95 Å². The van der Waals surface area contributed by atoms with Gasteiger partial charge in [0.1, 0.15) is 0 Å². The molecule has 0 unspecified atom stereocenters. The number of hydrogen-bond acceptors (Lipinski definition) is 9. The first-order valence-electron chi connectivity index (χ1n) is 15.1. The van der Waals surface area contributed by atoms with Crippen molar-refractivity contribution in [2.75, 3.05) is 29.4 Å². The highest BCUT2D eigenvalue weighted by atomic mass is 32.2. The molecule has 1 aliphatic heterocycles. The lowest BCUT2D eigenvalue weighted by molar-refractivity contribution is 0.250. The van der Waals surface area contributed by atoms with Crippen molar-refractivity contribution in [2.24, 2.45) is 20.0 Å². The summed E-state index contributed by atoms with van der Waals surface area (Å²) in [6.07, 6.45) is 14.3. The third-order valence-electron chi connectivity index (χ3n) is 8.94. The molecule has 3 aromatic heterocycles. The zero-order valence-corrected chi connectivity index (χ0v) is 26.0. The monoisotopic (exact) mass is 614 g/mol. The van der Waals surface area contributed by atoms with Gasteiger partial charge in [0.25, 0.3) is 10.0 Å². The van der Waals surface area contributed by atoms with Gasteiger partial charge in [0.05, 0.1) is 36.5 Å². The van der Waals surface area contributed by atoms with Crippen LogP contribution in [-0.4, -0.2) is 73.5 Å². The van der Waals surface area contributed by atoms with Gasteiger partial charge in [-0.1, -0.05) is 0 Å². The number of rotatable bonds is 10. The molecule has 1 aliphatic carbocycles. The van der Waals surface area contributed by atoms with Crippen LogP contribution >= 0.6 is 0 Å². The minimum atomic E-state index is -3.81. The van der Waals surface area contributed by atoms with Crippen LogP contribution in [0.4, 0.5) is 11.6 Å². The smallest absolute Gasteiger partial charge is 0.262 e. The molecule has 1 aromatic carbocycles. The van der Waals surface area contributed by atoms with Gasteiger partial charge in [-0.25, -0.2) is 28.4 Å². The Balaban J connectivity index is 1.24. The molecule has 0 N–H and O–H groups in total. The molecule has 13 heteroatoms. The molecule has 2 atom stereocenters. The van der Waals surface area contributed by atoms with Crippen LogP contribution in [-0.2, 0) is 30.7 Å². The summed E-state index contributed by atoms with van der Waals surface area (Å²) in [5, 5.41) is 9.44. The standard InChI is InChI=1S/C31H38N10O2S/c1-37-21-30(36-23-37)44(42,43)41(19-25-10-14-39(15-11-25)31-34-12-3-13-35-31)28-9-8-27(16-28)40(20-29-18-33-22-38(29)2)26-6-4-24(17-32)5-7-26/h3-7,12-13,18,21-23,25,27-28H,8-11,14-16,19-20H2,1-2H3/t27-,28-/m1/s1. The molecule has 0 amide bonds. The topological polar surface area (TPSA) is 129 Å². The first-order chi connectivity index (χ1) is 21.3. The Hall–Kier alpha value is -4.28. The van der Waals surface area contributed by atoms with E-state index in [2.05, 4.69) is 35.8 Å². The summed E-state index contributed by atoms with van der Waals surface area (Å²) in [6, 6.07) is 11.6. The zero-order chi connectivity index (χ0) is 30.7. The number of aryl methyl sites for hydroxylation is 2. The highest BCUT2D eigenvalue weighted by Crippen LogP contribution is 2.36. The van der Waals surface area contributed by atoms with Crippen molar-refractivity contribution in [1.29, 1.82) is 5.26 Å². The average Bonchev–Trinajstić information content (AvgIpc) is 3.81. The van der Waals surface area contributed by atoms with E-state index in [-0.39, 0.29) is 23.0 Å². The first-order valence-corrected chi connectivity index (χ1v) is 16.5. The fourth-order valence-electron chi connectivity index (χ4n) is 6.46. The lowest BCUT2D eigenvalue weighted by Crippen LogP contribution is -2.46. The number of anilines is 2. The van der Waals surface area contributed by atoms with Crippen LogP contribution in [0.2, 0.25) is 0 Å². The number of nitrogens with zero attached hydrogens (tertiary/aromatic N) is 10. The maximum Gasteiger partial charge on any atom is 0.262 e. The number of imidazole rings is 2. The lowest BCUT2D eigenvalue weighted by Gasteiger charge is -2.37. The summed E-state index contributed by atoms with van der Waals surface area (Å²) >= 11 is 0. The molecule has 0 bridgehead atoms. The molecule has 0 spiro atoms. The Kier molecular flexibility index (Phi) is 8.63. The number of aromatic nitrogens is 6. The lowest BCUT2D eigenvalue weighted by atomic mass is 9.96. The Morgan fingerprint density at radius 1 is 0.977 bits per heavy atom. The van der Waals surface area contributed by atoms with Gasteiger partial charge in [0, 0.05) is 76.3 Å². The molecule has 12 nitrogen and oxygen atoms in total. The van der Waals surface area contributed by atoms with E-state index < -0.39 is 10.0 Å². The number of hydrogen-bond donors (Lipinski definition) is 0. The molecular formula is C31H38N10O2S. The summed E-state index contributed by atoms with van der Waals surface area (Å²) in [7, 11) is -0.0455. The van der Waals surface area contributed by atoms with E-state index in [9.17, 15) is 13.7 Å². The van der Waals surface area contributed by atoms with Crippen LogP contribution < -0.4 is 9.80 Å². The largest absolute Gasteiger partial charge is 0.363 e. The van der Waals surface area contributed by atoms with E-state index in [0.717, 1.165) is 56.1 Å². The van der Waals surface area contributed by atoms with Crippen LogP contribution in [0.1, 0.15) is 43.4 Å². The van der Waals surface area contributed by atoms with Gasteiger partial charge >= 0.3 is 0 Å². The number of nitriles is 1. The third-order valence-corrected chi connectivity index (χ3v) is 10.7. The molecule has 44 heavy (non-hydrogen) atoms. The molecule has 2 fully saturated rings. The van der Waals surface area contributed by atoms with E-state index >= 15 is 0 Å². The average molecular weight is 615 g/mol. The predicted octanol–water partition coefficient (Wildman–Crippen LogP) is 3.35. The van der Waals surface area contributed by atoms with E-state index in [1.165, 1.54) is 0 Å². The zero-order valence-electron chi connectivity index (χ0n) is 25.1. The Morgan fingerprint density at radius 3 is 2.34 bits per heavy atom. The molecule has 4 heterocycles. The maximum absolute atomic E-state index is 14.2. The van der Waals surface area contributed by atoms with Crippen LogP contribution in [0.3, 0.4) is 0 Å². The summed E-state index contributed by atoms with van der Waals surface area (Å²) in [5.74, 6) is 0.940. The third kappa shape index (κ3) is 6.32. The second-order valence-electron chi connectivity index (χ2n) is 11.8. The van der Waals surface area contributed by atoms with Gasteiger partial charge in [-0.2, -0.15) is 9.57 Å². The predicted molar refractivity (Wildman–Crippen MR) is 166 cm³/mol. The molecular weight excluding hydrogens is 576 g/mol. The summed E-state index contributed by atoms with van der Waals surface area (Å²) in [5.41, 5.74) is 2.67. The van der Waals surface area contributed by atoms with Crippen molar-refractivity contribution in [3.05, 3.63) is 79.0 Å². The molecule has 2 aliphatic rings. The quantitative estimate of drug-likeness (QED) is 0.264. The fourth-order valence-corrected chi connectivity index (χ4v) is 8.17. The van der Waals surface area contributed by atoms with Crippen LogP contribution in [0.15, 0.2) is 72.8 Å². The van der Waals surface area contributed by atoms with E-state index in [1.807, 2.05) is 48.1 Å². The Labute approximate surface area is 258 Å². The van der Waals surface area contributed by atoms with Crippen molar-refractivity contribution >= 4 is 21.7 Å². The molecule has 0 radical (unpaired) electrons. The van der Waals surface area contributed by atoms with E-state index in [4.69, 9.17) is 0 Å². The first kappa shape index (κ1) is 29.8. The number of benzene rings is 1. The van der Waals surface area contributed by atoms with Gasteiger partial charge in [0.15, 0.2) is 5.03 Å². The van der Waals surface area contributed by atoms with Crippen LogP contribution in [0, 0.1) is 17.2 Å². The number of piperidine rings is 1. The Bertz CT molecular complexity index is 1690. The summed E-state index contributed by atoms with van der Waals surface area (Å²) < 4.78 is 33.8. The SMILES string of the molecule is Cn1cnc(S(=O)(=O)N(CC2CCN(c3ncccn3)CC2)[C@@H]2CC[C@@H](N(Cc3cncn3C)c3ccc(C#N)cc3)C2)c1. The highest BCUT2D eigenvalue weighted by molar-refractivity contribution is 7.89. The van der Waals surface area contributed by atoms with Gasteiger partial charge < -0.3 is 18.9 Å². The molecule has 1 saturated carbocycles. The maximum atomic E-state index is 14.2. The number of sulfonamides is 1. The van der Waals surface area contributed by atoms with E-state index in [0.29, 0.717) is 25.1 Å². The second-order valence-corrected chi connectivity index (χ2v) is 13.7. The minimum absolute atomic E-state index is 0.0948. The van der Waals surface area contributed by atoms with Gasteiger partial charge in [-0.05, 0) is 68.4 Å². The van der Waals surface area contributed by atoms with Gasteiger partial charge in [-0.15, -0.1) is 0 Å². The fraction of sp³-hybridized carbons (Fsp3) is 0.452. The van der Waals surface area contributed by atoms with Crippen molar-refractivity contribution < 1.29 is 8.42 Å². The van der Waals surface area contributed by atoms with E-state index in [1.54, 1.807) is 47.2 Å². The van der Waals surface area contributed by atoms with Gasteiger partial charge in [-0.3, -0.25) is 0 Å². The molecule has 6 rings (SSSR count). The van der Waals surface area contributed by atoms with Crippen LogP contribution in [0.25, 0.3) is 0 Å². The minimum Gasteiger partial charge on any atom is -0.363 e. The summed E-state index contributed by atoms with van der Waals surface area (Å²) in [6.45, 7) is 2.67. The van der Waals surface area contributed by atoms with Crippen molar-refractivity contribution in [3.8, 4) is 6.07 Å². The molecule has 1 saturated heterocycles. The van der Waals surface area contributed by atoms with Crippen LogP contribution in [0.5, 0.6) is 0 Å². The summed E-state index contributed by atoms with van der Waals surface area (Å²) in [4.78, 5) is 21.9. The Morgan fingerprint density at radius 2 is 1.70 bits per heavy atom. The van der Waals surface area contributed by atoms with Crippen molar-refractivity contribution in [1.82, 2.24) is 33.4 Å². The molecule has 230 valence electrons. The molecule has 4 aromatic rings. The normalized spacial score (nSPS) is 19.4. The highest BCUT2D eigenvalue weighted by Gasteiger charge is 2.41.